The molecule has 0 aliphatic carbocycles. The van der Waals surface area contributed by atoms with Crippen LogP contribution in [0.5, 0.6) is 5.75 Å². The number of fused-ring (bicyclic) bond motifs is 1. The van der Waals surface area contributed by atoms with Gasteiger partial charge in [-0.1, -0.05) is 0 Å². The number of H-pyrrole nitrogens is 2. The Hall–Kier alpha value is -3.11. The number of nitrogens with one attached hydrogen (secondary N) is 3. The number of benzene rings is 2. The monoisotopic (exact) mass is 416 g/mol. The molecule has 1 saturated heterocycles. The molecule has 1 aliphatic heterocycles. The highest BCUT2D eigenvalue weighted by Crippen LogP contribution is 2.30. The number of ether oxygens (including phenoxy) is 1. The van der Waals surface area contributed by atoms with Crippen molar-refractivity contribution in [3.8, 4) is 5.75 Å². The van der Waals surface area contributed by atoms with Crippen LogP contribution in [0.3, 0.4) is 0 Å². The first kappa shape index (κ1) is 19.2. The third kappa shape index (κ3) is 3.64. The topological polar surface area (TPSA) is 124 Å². The van der Waals surface area contributed by atoms with Gasteiger partial charge >= 0.3 is 5.69 Å². The summed E-state index contributed by atoms with van der Waals surface area (Å²) in [4.78, 5) is 29.3. The lowest BCUT2D eigenvalue weighted by atomic mass is 10.2. The molecule has 10 heteroatoms. The smallest absolute Gasteiger partial charge is 0.323 e. The molecule has 9 nitrogen and oxygen atoms in total. The van der Waals surface area contributed by atoms with Crippen LogP contribution in [0.2, 0.25) is 0 Å². The molecule has 2 heterocycles. The molecule has 1 aliphatic rings. The Labute approximate surface area is 166 Å². The normalized spacial score (nSPS) is 14.9. The van der Waals surface area contributed by atoms with E-state index in [1.807, 2.05) is 0 Å². The molecule has 0 unspecified atom stereocenters. The van der Waals surface area contributed by atoms with E-state index in [0.29, 0.717) is 29.8 Å². The lowest BCUT2D eigenvalue weighted by Gasteiger charge is -2.18. The number of amides is 1. The van der Waals surface area contributed by atoms with Crippen molar-refractivity contribution in [3.05, 3.63) is 52.4 Å². The van der Waals surface area contributed by atoms with Crippen LogP contribution in [0, 0.1) is 0 Å². The van der Waals surface area contributed by atoms with Crippen molar-refractivity contribution >= 4 is 32.7 Å². The first-order valence-corrected chi connectivity index (χ1v) is 10.5. The summed E-state index contributed by atoms with van der Waals surface area (Å²) in [5, 5.41) is 2.72. The van der Waals surface area contributed by atoms with Gasteiger partial charge in [-0.15, -0.1) is 0 Å². The molecule has 2 aromatic carbocycles. The van der Waals surface area contributed by atoms with Crippen molar-refractivity contribution in [1.29, 1.82) is 0 Å². The average Bonchev–Trinajstić information content (AvgIpc) is 3.36. The minimum Gasteiger partial charge on any atom is -0.495 e. The van der Waals surface area contributed by atoms with Crippen LogP contribution in [-0.2, 0) is 10.0 Å². The summed E-state index contributed by atoms with van der Waals surface area (Å²) in [6.07, 6.45) is 1.62. The molecule has 1 amide bonds. The molecule has 0 saturated carbocycles. The Morgan fingerprint density at radius 1 is 1.07 bits per heavy atom. The number of anilines is 1. The zero-order valence-electron chi connectivity index (χ0n) is 15.7. The predicted molar refractivity (Wildman–Crippen MR) is 108 cm³/mol. The Morgan fingerprint density at radius 2 is 1.79 bits per heavy atom. The fourth-order valence-corrected chi connectivity index (χ4v) is 5.10. The van der Waals surface area contributed by atoms with Gasteiger partial charge in [-0.05, 0) is 49.2 Å². The quantitative estimate of drug-likeness (QED) is 0.586. The molecule has 0 atom stereocenters. The van der Waals surface area contributed by atoms with E-state index < -0.39 is 15.9 Å². The molecule has 0 bridgehead atoms. The number of hydrogen-bond donors (Lipinski definition) is 3. The van der Waals surface area contributed by atoms with Gasteiger partial charge in [-0.25, -0.2) is 13.2 Å². The summed E-state index contributed by atoms with van der Waals surface area (Å²) in [5.41, 5.74) is 1.50. The van der Waals surface area contributed by atoms with E-state index in [4.69, 9.17) is 4.74 Å². The summed E-state index contributed by atoms with van der Waals surface area (Å²) in [7, 11) is -2.36. The number of imidazole rings is 1. The van der Waals surface area contributed by atoms with Gasteiger partial charge in [0, 0.05) is 24.3 Å². The molecule has 0 spiro atoms. The molecule has 1 fully saturated rings. The highest BCUT2D eigenvalue weighted by atomic mass is 32.2. The highest BCUT2D eigenvalue weighted by Gasteiger charge is 2.30. The van der Waals surface area contributed by atoms with E-state index in [1.54, 1.807) is 18.2 Å². The van der Waals surface area contributed by atoms with Gasteiger partial charge in [0.25, 0.3) is 5.91 Å². The fourth-order valence-electron chi connectivity index (χ4n) is 3.40. The minimum absolute atomic E-state index is 0.0278. The summed E-state index contributed by atoms with van der Waals surface area (Å²) >= 11 is 0. The van der Waals surface area contributed by atoms with E-state index in [9.17, 15) is 18.0 Å². The van der Waals surface area contributed by atoms with Gasteiger partial charge in [0.2, 0.25) is 10.0 Å². The van der Waals surface area contributed by atoms with Crippen LogP contribution in [0.25, 0.3) is 11.0 Å². The molecule has 152 valence electrons. The van der Waals surface area contributed by atoms with Crippen molar-refractivity contribution < 1.29 is 17.9 Å². The van der Waals surface area contributed by atoms with Crippen molar-refractivity contribution in [2.75, 3.05) is 25.5 Å². The van der Waals surface area contributed by atoms with E-state index in [-0.39, 0.29) is 21.9 Å². The second kappa shape index (κ2) is 7.37. The Morgan fingerprint density at radius 3 is 2.52 bits per heavy atom. The number of rotatable bonds is 5. The largest absolute Gasteiger partial charge is 0.495 e. The lowest BCUT2D eigenvalue weighted by molar-refractivity contribution is 0.102. The zero-order chi connectivity index (χ0) is 20.6. The van der Waals surface area contributed by atoms with E-state index in [1.165, 1.54) is 29.6 Å². The molecular formula is C19H20N4O5S. The average molecular weight is 416 g/mol. The number of methoxy groups -OCH3 is 1. The number of nitrogens with zero attached hydrogens (tertiary/aromatic N) is 1. The molecule has 29 heavy (non-hydrogen) atoms. The first-order chi connectivity index (χ1) is 13.9. The van der Waals surface area contributed by atoms with Gasteiger partial charge < -0.3 is 20.0 Å². The number of carbonyl (C=O) groups is 1. The molecule has 3 N–H and O–H groups in total. The molecule has 3 aromatic rings. The summed E-state index contributed by atoms with van der Waals surface area (Å²) in [5.74, 6) is -0.275. The van der Waals surface area contributed by atoms with Gasteiger partial charge in [0.15, 0.2) is 0 Å². The Balaban J connectivity index is 1.65. The minimum atomic E-state index is -3.75. The number of hydrogen-bond acceptors (Lipinski definition) is 5. The maximum Gasteiger partial charge on any atom is 0.323 e. The maximum atomic E-state index is 13.0. The summed E-state index contributed by atoms with van der Waals surface area (Å²) < 4.78 is 32.6. The van der Waals surface area contributed by atoms with Crippen molar-refractivity contribution in [2.45, 2.75) is 17.7 Å². The van der Waals surface area contributed by atoms with Crippen molar-refractivity contribution in [3.63, 3.8) is 0 Å². The van der Waals surface area contributed by atoms with Crippen LogP contribution in [-0.4, -0.2) is 48.8 Å². The summed E-state index contributed by atoms with van der Waals surface area (Å²) in [6.45, 7) is 0.910. The van der Waals surface area contributed by atoms with E-state index >= 15 is 0 Å². The number of carbonyl (C=O) groups excluding carboxylic acids is 1. The molecule has 4 rings (SSSR count). The molecule has 1 aromatic heterocycles. The summed E-state index contributed by atoms with van der Waals surface area (Å²) in [6, 6.07) is 9.25. The van der Waals surface area contributed by atoms with Crippen LogP contribution in [0.4, 0.5) is 5.69 Å². The van der Waals surface area contributed by atoms with Gasteiger partial charge in [-0.2, -0.15) is 4.31 Å². The van der Waals surface area contributed by atoms with E-state index in [2.05, 4.69) is 15.3 Å². The first-order valence-electron chi connectivity index (χ1n) is 9.10. The second-order valence-corrected chi connectivity index (χ2v) is 8.68. The Bertz CT molecular complexity index is 1240. The maximum absolute atomic E-state index is 13.0. The third-order valence-corrected chi connectivity index (χ3v) is 6.80. The van der Waals surface area contributed by atoms with Gasteiger partial charge in [0.05, 0.1) is 18.1 Å². The van der Waals surface area contributed by atoms with Crippen LogP contribution >= 0.6 is 0 Å². The van der Waals surface area contributed by atoms with Gasteiger partial charge in [0.1, 0.15) is 10.6 Å². The fraction of sp³-hybridized carbons (Fsp3) is 0.263. The highest BCUT2D eigenvalue weighted by molar-refractivity contribution is 7.89. The molecular weight excluding hydrogens is 396 g/mol. The zero-order valence-corrected chi connectivity index (χ0v) is 16.5. The van der Waals surface area contributed by atoms with Gasteiger partial charge in [-0.3, -0.25) is 4.79 Å². The van der Waals surface area contributed by atoms with Crippen LogP contribution in [0.15, 0.2) is 46.1 Å². The number of aromatic amines is 2. The van der Waals surface area contributed by atoms with Crippen LogP contribution < -0.4 is 15.7 Å². The third-order valence-electron chi connectivity index (χ3n) is 4.88. The standard InChI is InChI=1S/C19H20N4O5S/c1-28-16-7-4-12(10-17(16)29(26,27)23-8-2-3-9-23)18(24)20-13-5-6-14-15(11-13)22-19(25)21-14/h4-7,10-11H,2-3,8-9H2,1H3,(H,20,24)(H2,21,22,25). The number of sulfonamides is 1. The Kier molecular flexibility index (Phi) is 4.89. The predicted octanol–water partition coefficient (Wildman–Crippen LogP) is 1.90. The molecule has 0 radical (unpaired) electrons. The van der Waals surface area contributed by atoms with E-state index in [0.717, 1.165) is 12.8 Å². The van der Waals surface area contributed by atoms with Crippen molar-refractivity contribution in [1.82, 2.24) is 14.3 Å². The van der Waals surface area contributed by atoms with Crippen molar-refractivity contribution in [2.24, 2.45) is 0 Å². The second-order valence-electron chi connectivity index (χ2n) is 6.77. The lowest BCUT2D eigenvalue weighted by Crippen LogP contribution is -2.28. The van der Waals surface area contributed by atoms with Crippen LogP contribution in [0.1, 0.15) is 23.2 Å². The SMILES string of the molecule is COc1ccc(C(=O)Nc2ccc3[nH]c(=O)[nH]c3c2)cc1S(=O)(=O)N1CCCC1. The number of aromatic nitrogens is 2.